The number of ether oxygens (including phenoxy) is 1. The molecule has 3 rings (SSSR count). The zero-order valence-corrected chi connectivity index (χ0v) is 14.0. The summed E-state index contributed by atoms with van der Waals surface area (Å²) in [5, 5.41) is 14.2. The van der Waals surface area contributed by atoms with Crippen molar-refractivity contribution in [2.24, 2.45) is 0 Å². The lowest BCUT2D eigenvalue weighted by atomic mass is 10.1. The van der Waals surface area contributed by atoms with Crippen LogP contribution in [0.3, 0.4) is 0 Å². The standard InChI is InChI=1S/C18H16N4O4/c1-26-18(23)16-10-14(4-7-17(16)22(24)25)20-11-13-2-5-15(6-3-13)21-9-8-19-12-21/h2-10,12,20H,11H2,1H3. The van der Waals surface area contributed by atoms with Crippen LogP contribution in [0.5, 0.6) is 0 Å². The fraction of sp³-hybridized carbons (Fsp3) is 0.111. The van der Waals surface area contributed by atoms with E-state index in [4.69, 9.17) is 0 Å². The van der Waals surface area contributed by atoms with Gasteiger partial charge in [-0.3, -0.25) is 10.1 Å². The van der Waals surface area contributed by atoms with Gasteiger partial charge >= 0.3 is 5.97 Å². The van der Waals surface area contributed by atoms with Gasteiger partial charge in [-0.2, -0.15) is 0 Å². The maximum absolute atomic E-state index is 11.8. The van der Waals surface area contributed by atoms with Crippen LogP contribution in [0, 0.1) is 10.1 Å². The Bertz CT molecular complexity index is 921. The lowest BCUT2D eigenvalue weighted by Crippen LogP contribution is -2.07. The number of benzene rings is 2. The molecule has 0 spiro atoms. The molecule has 3 aromatic rings. The number of nitrogens with one attached hydrogen (secondary N) is 1. The number of carbonyl (C=O) groups excluding carboxylic acids is 1. The highest BCUT2D eigenvalue weighted by Gasteiger charge is 2.21. The molecule has 132 valence electrons. The molecular weight excluding hydrogens is 336 g/mol. The fourth-order valence-corrected chi connectivity index (χ4v) is 2.48. The number of hydrogen-bond donors (Lipinski definition) is 1. The number of rotatable bonds is 6. The maximum atomic E-state index is 11.8. The van der Waals surface area contributed by atoms with E-state index in [2.05, 4.69) is 15.0 Å². The van der Waals surface area contributed by atoms with Crippen LogP contribution in [0.4, 0.5) is 11.4 Å². The van der Waals surface area contributed by atoms with Crippen molar-refractivity contribution < 1.29 is 14.5 Å². The number of hydrogen-bond acceptors (Lipinski definition) is 6. The highest BCUT2D eigenvalue weighted by Crippen LogP contribution is 2.24. The van der Waals surface area contributed by atoms with Gasteiger partial charge in [0.2, 0.25) is 0 Å². The first kappa shape index (κ1) is 17.2. The molecule has 0 aliphatic carbocycles. The summed E-state index contributed by atoms with van der Waals surface area (Å²) < 4.78 is 6.51. The van der Waals surface area contributed by atoms with E-state index in [0.29, 0.717) is 12.2 Å². The minimum absolute atomic E-state index is 0.0852. The molecule has 0 aliphatic rings. The van der Waals surface area contributed by atoms with E-state index in [0.717, 1.165) is 11.3 Å². The van der Waals surface area contributed by atoms with Gasteiger partial charge in [0, 0.05) is 36.4 Å². The van der Waals surface area contributed by atoms with Crippen LogP contribution >= 0.6 is 0 Å². The molecule has 0 fully saturated rings. The molecule has 0 atom stereocenters. The molecule has 0 saturated carbocycles. The quantitative estimate of drug-likeness (QED) is 0.415. The monoisotopic (exact) mass is 352 g/mol. The van der Waals surface area contributed by atoms with Gasteiger partial charge in [-0.25, -0.2) is 9.78 Å². The molecule has 8 nitrogen and oxygen atoms in total. The van der Waals surface area contributed by atoms with Gasteiger partial charge in [-0.15, -0.1) is 0 Å². The molecule has 0 unspecified atom stereocenters. The van der Waals surface area contributed by atoms with E-state index < -0.39 is 10.9 Å². The number of anilines is 1. The van der Waals surface area contributed by atoms with E-state index in [-0.39, 0.29) is 11.3 Å². The molecular formula is C18H16N4O4. The van der Waals surface area contributed by atoms with Crippen molar-refractivity contribution in [2.45, 2.75) is 6.54 Å². The van der Waals surface area contributed by atoms with Crippen molar-refractivity contribution in [1.29, 1.82) is 0 Å². The normalized spacial score (nSPS) is 10.3. The van der Waals surface area contributed by atoms with Crippen molar-refractivity contribution in [3.8, 4) is 5.69 Å². The number of nitro benzene ring substituents is 1. The molecule has 1 heterocycles. The maximum Gasteiger partial charge on any atom is 0.344 e. The van der Waals surface area contributed by atoms with E-state index >= 15 is 0 Å². The average molecular weight is 352 g/mol. The summed E-state index contributed by atoms with van der Waals surface area (Å²) >= 11 is 0. The number of aromatic nitrogens is 2. The zero-order chi connectivity index (χ0) is 18.5. The predicted molar refractivity (Wildman–Crippen MR) is 95.3 cm³/mol. The Morgan fingerprint density at radius 1 is 1.27 bits per heavy atom. The third kappa shape index (κ3) is 3.69. The molecule has 0 amide bonds. The van der Waals surface area contributed by atoms with Crippen LogP contribution in [-0.2, 0) is 11.3 Å². The highest BCUT2D eigenvalue weighted by molar-refractivity contribution is 5.95. The average Bonchev–Trinajstić information content (AvgIpc) is 3.20. The summed E-state index contributed by atoms with van der Waals surface area (Å²) in [6.45, 7) is 0.503. The summed E-state index contributed by atoms with van der Waals surface area (Å²) in [5.41, 5.74) is 2.24. The number of imidazole rings is 1. The van der Waals surface area contributed by atoms with Crippen LogP contribution in [0.25, 0.3) is 5.69 Å². The van der Waals surface area contributed by atoms with Crippen molar-refractivity contribution >= 4 is 17.3 Å². The molecule has 0 saturated heterocycles. The molecule has 0 radical (unpaired) electrons. The number of methoxy groups -OCH3 is 1. The largest absolute Gasteiger partial charge is 0.465 e. The van der Waals surface area contributed by atoms with Gasteiger partial charge in [0.15, 0.2) is 0 Å². The van der Waals surface area contributed by atoms with Gasteiger partial charge < -0.3 is 14.6 Å². The highest BCUT2D eigenvalue weighted by atomic mass is 16.6. The van der Waals surface area contributed by atoms with Crippen molar-refractivity contribution in [2.75, 3.05) is 12.4 Å². The Morgan fingerprint density at radius 3 is 2.65 bits per heavy atom. The third-order valence-electron chi connectivity index (χ3n) is 3.83. The second kappa shape index (κ2) is 7.47. The SMILES string of the molecule is COC(=O)c1cc(NCc2ccc(-n3ccnc3)cc2)ccc1[N+](=O)[O-]. The smallest absolute Gasteiger partial charge is 0.344 e. The van der Waals surface area contributed by atoms with Crippen molar-refractivity contribution in [1.82, 2.24) is 9.55 Å². The number of carbonyl (C=O) groups is 1. The first-order valence-electron chi connectivity index (χ1n) is 7.76. The Kier molecular flexibility index (Phi) is 4.93. The second-order valence-electron chi connectivity index (χ2n) is 5.47. The molecule has 2 aromatic carbocycles. The molecule has 1 N–H and O–H groups in total. The number of nitrogens with zero attached hydrogens (tertiary/aromatic N) is 3. The van der Waals surface area contributed by atoms with Crippen LogP contribution in [0.1, 0.15) is 15.9 Å². The van der Waals surface area contributed by atoms with Gasteiger partial charge in [0.1, 0.15) is 5.56 Å². The summed E-state index contributed by atoms with van der Waals surface area (Å²) in [5.74, 6) is -0.745. The zero-order valence-electron chi connectivity index (χ0n) is 14.0. The van der Waals surface area contributed by atoms with Crippen LogP contribution in [0.2, 0.25) is 0 Å². The van der Waals surface area contributed by atoms with E-state index in [9.17, 15) is 14.9 Å². The molecule has 0 bridgehead atoms. The molecule has 26 heavy (non-hydrogen) atoms. The summed E-state index contributed by atoms with van der Waals surface area (Å²) in [7, 11) is 1.19. The Labute approximate surface area is 149 Å². The van der Waals surface area contributed by atoms with Gasteiger partial charge in [-0.1, -0.05) is 12.1 Å². The van der Waals surface area contributed by atoms with Gasteiger partial charge in [0.05, 0.1) is 18.4 Å². The van der Waals surface area contributed by atoms with Crippen LogP contribution in [-0.4, -0.2) is 27.6 Å². The van der Waals surface area contributed by atoms with E-state index in [1.165, 1.54) is 19.2 Å². The second-order valence-corrected chi connectivity index (χ2v) is 5.47. The minimum atomic E-state index is -0.745. The summed E-state index contributed by atoms with van der Waals surface area (Å²) in [6.07, 6.45) is 5.29. The minimum Gasteiger partial charge on any atom is -0.465 e. The summed E-state index contributed by atoms with van der Waals surface area (Å²) in [6, 6.07) is 12.1. The number of esters is 1. The lowest BCUT2D eigenvalue weighted by molar-refractivity contribution is -0.385. The summed E-state index contributed by atoms with van der Waals surface area (Å²) in [4.78, 5) is 26.2. The Morgan fingerprint density at radius 2 is 2.04 bits per heavy atom. The van der Waals surface area contributed by atoms with Gasteiger partial charge in [-0.05, 0) is 29.8 Å². The molecule has 1 aromatic heterocycles. The topological polar surface area (TPSA) is 99.3 Å². The van der Waals surface area contributed by atoms with Crippen molar-refractivity contribution in [3.05, 3.63) is 82.4 Å². The third-order valence-corrected chi connectivity index (χ3v) is 3.83. The van der Waals surface area contributed by atoms with Crippen LogP contribution < -0.4 is 5.32 Å². The molecule has 0 aliphatic heterocycles. The van der Waals surface area contributed by atoms with E-state index in [1.807, 2.05) is 35.0 Å². The Hall–Kier alpha value is -3.68. The predicted octanol–water partition coefficient (Wildman–Crippen LogP) is 3.18. The Balaban J connectivity index is 1.73. The van der Waals surface area contributed by atoms with Gasteiger partial charge in [0.25, 0.3) is 5.69 Å². The van der Waals surface area contributed by atoms with E-state index in [1.54, 1.807) is 18.6 Å². The number of nitro groups is 1. The van der Waals surface area contributed by atoms with Crippen LogP contribution in [0.15, 0.2) is 61.2 Å². The fourth-order valence-electron chi connectivity index (χ4n) is 2.48. The van der Waals surface area contributed by atoms with Crippen molar-refractivity contribution in [3.63, 3.8) is 0 Å². The first-order valence-corrected chi connectivity index (χ1v) is 7.76. The lowest BCUT2D eigenvalue weighted by Gasteiger charge is -2.09. The first-order chi connectivity index (χ1) is 12.6. The molecule has 8 heteroatoms.